The number of rotatable bonds is 30. The van der Waals surface area contributed by atoms with Crippen LogP contribution in [-0.2, 0) is 4.79 Å². The molecule has 0 radical (unpaired) electrons. The average molecular weight is 590 g/mol. The Bertz CT molecular complexity index is 700. The minimum atomic E-state index is -0.973. The first-order valence-corrected chi connectivity index (χ1v) is 17.4. The normalized spacial score (nSPS) is 14.5. The Kier molecular flexibility index (Phi) is 30.9. The summed E-state index contributed by atoms with van der Waals surface area (Å²) in [6.45, 7) is 4.12. The maximum atomic E-state index is 12.3. The number of aliphatic hydroxyl groups is 3. The summed E-state index contributed by atoms with van der Waals surface area (Å²) in [5.74, 6) is -0.396. The van der Waals surface area contributed by atoms with Gasteiger partial charge in [-0.25, -0.2) is 0 Å². The molecule has 1 amide bonds. The fourth-order valence-corrected chi connectivity index (χ4v) is 4.88. The van der Waals surface area contributed by atoms with Crippen molar-refractivity contribution in [2.75, 3.05) is 6.61 Å². The molecule has 244 valence electrons. The number of amides is 1. The number of hydrogen-bond acceptors (Lipinski definition) is 4. The van der Waals surface area contributed by atoms with Crippen LogP contribution in [0, 0.1) is 0 Å². The van der Waals surface area contributed by atoms with Crippen LogP contribution in [-0.4, -0.2) is 46.1 Å². The molecule has 0 aliphatic heterocycles. The lowest BCUT2D eigenvalue weighted by molar-refractivity contribution is -0.124. The average Bonchev–Trinajstić information content (AvgIpc) is 2.98. The highest BCUT2D eigenvalue weighted by molar-refractivity contribution is 5.77. The lowest BCUT2D eigenvalue weighted by atomic mass is 10.1. The number of aliphatic hydroxyl groups excluding tert-OH is 3. The fraction of sp³-hybridized carbons (Fsp3) is 0.757. The van der Waals surface area contributed by atoms with Crippen LogP contribution in [0.3, 0.4) is 0 Å². The third kappa shape index (κ3) is 28.4. The molecule has 5 heteroatoms. The van der Waals surface area contributed by atoms with E-state index in [1.165, 1.54) is 103 Å². The van der Waals surface area contributed by atoms with Crippen LogP contribution in [0.2, 0.25) is 0 Å². The molecule has 0 fully saturated rings. The Balaban J connectivity index is 3.92. The second-order valence-electron chi connectivity index (χ2n) is 11.8. The predicted octanol–water partition coefficient (Wildman–Crippen LogP) is 9.03. The van der Waals surface area contributed by atoms with E-state index in [0.29, 0.717) is 0 Å². The van der Waals surface area contributed by atoms with Crippen molar-refractivity contribution in [3.63, 3.8) is 0 Å². The molecule has 0 bridgehead atoms. The first kappa shape index (κ1) is 40.3. The van der Waals surface area contributed by atoms with Gasteiger partial charge >= 0.3 is 0 Å². The smallest absolute Gasteiger partial charge is 0.223 e. The highest BCUT2D eigenvalue weighted by atomic mass is 16.3. The topological polar surface area (TPSA) is 89.8 Å². The molecule has 0 rings (SSSR count). The molecule has 0 aromatic carbocycles. The van der Waals surface area contributed by atoms with Gasteiger partial charge in [0.25, 0.3) is 0 Å². The zero-order valence-corrected chi connectivity index (χ0v) is 27.4. The molecule has 0 saturated carbocycles. The first-order valence-electron chi connectivity index (χ1n) is 17.4. The van der Waals surface area contributed by atoms with Crippen molar-refractivity contribution in [2.24, 2.45) is 0 Å². The Labute approximate surface area is 259 Å². The maximum absolute atomic E-state index is 12.3. The van der Waals surface area contributed by atoms with Crippen molar-refractivity contribution in [1.82, 2.24) is 5.32 Å². The molecule has 3 atom stereocenters. The second-order valence-corrected chi connectivity index (χ2v) is 11.8. The van der Waals surface area contributed by atoms with E-state index >= 15 is 0 Å². The number of hydrogen-bond donors (Lipinski definition) is 4. The largest absolute Gasteiger partial charge is 0.394 e. The highest BCUT2D eigenvalue weighted by Crippen LogP contribution is 2.12. The van der Waals surface area contributed by atoms with Crippen molar-refractivity contribution in [3.05, 3.63) is 48.6 Å². The van der Waals surface area contributed by atoms with E-state index in [2.05, 4.69) is 43.5 Å². The molecule has 0 aromatic rings. The zero-order chi connectivity index (χ0) is 30.9. The Morgan fingerprint density at radius 1 is 0.595 bits per heavy atom. The summed E-state index contributed by atoms with van der Waals surface area (Å²) in [5.41, 5.74) is 0. The summed E-state index contributed by atoms with van der Waals surface area (Å²) in [7, 11) is 0. The van der Waals surface area contributed by atoms with Gasteiger partial charge in [-0.1, -0.05) is 152 Å². The molecule has 0 aromatic heterocycles. The SMILES string of the molecule is CCCCCCCC/C=C\C/C=C\C(O)CC(=O)NC(CO)C(O)/C=C/CC/C=C/CCCCCCCCCCCC. The van der Waals surface area contributed by atoms with Gasteiger partial charge in [0.2, 0.25) is 5.91 Å². The summed E-state index contributed by atoms with van der Waals surface area (Å²) in [5, 5.41) is 32.7. The minimum absolute atomic E-state index is 0.102. The molecule has 0 aliphatic carbocycles. The molecule has 0 spiro atoms. The van der Waals surface area contributed by atoms with Gasteiger partial charge in [0.1, 0.15) is 0 Å². The Morgan fingerprint density at radius 3 is 1.62 bits per heavy atom. The summed E-state index contributed by atoms with van der Waals surface area (Å²) < 4.78 is 0. The van der Waals surface area contributed by atoms with Gasteiger partial charge < -0.3 is 20.6 Å². The van der Waals surface area contributed by atoms with E-state index in [9.17, 15) is 20.1 Å². The summed E-state index contributed by atoms with van der Waals surface area (Å²) in [4.78, 5) is 12.3. The van der Waals surface area contributed by atoms with Crippen LogP contribution in [0.4, 0.5) is 0 Å². The van der Waals surface area contributed by atoms with Gasteiger partial charge in [0.15, 0.2) is 0 Å². The van der Waals surface area contributed by atoms with Crippen LogP contribution < -0.4 is 5.32 Å². The van der Waals surface area contributed by atoms with Gasteiger partial charge in [-0.3, -0.25) is 4.79 Å². The van der Waals surface area contributed by atoms with E-state index in [1.54, 1.807) is 12.2 Å². The lowest BCUT2D eigenvalue weighted by Crippen LogP contribution is -2.45. The second kappa shape index (κ2) is 32.2. The summed E-state index contributed by atoms with van der Waals surface area (Å²) >= 11 is 0. The van der Waals surface area contributed by atoms with E-state index in [1.807, 2.05) is 12.2 Å². The van der Waals surface area contributed by atoms with Crippen LogP contribution >= 0.6 is 0 Å². The fourth-order valence-electron chi connectivity index (χ4n) is 4.88. The maximum Gasteiger partial charge on any atom is 0.223 e. The molecular formula is C37H67NO4. The number of allylic oxidation sites excluding steroid dienone is 6. The number of unbranched alkanes of at least 4 members (excludes halogenated alkanes) is 17. The zero-order valence-electron chi connectivity index (χ0n) is 27.4. The Hall–Kier alpha value is -1.69. The third-order valence-corrected chi connectivity index (χ3v) is 7.60. The van der Waals surface area contributed by atoms with Crippen LogP contribution in [0.25, 0.3) is 0 Å². The van der Waals surface area contributed by atoms with E-state index in [-0.39, 0.29) is 13.0 Å². The monoisotopic (exact) mass is 590 g/mol. The van der Waals surface area contributed by atoms with Crippen molar-refractivity contribution in [3.8, 4) is 0 Å². The van der Waals surface area contributed by atoms with Crippen molar-refractivity contribution in [2.45, 2.75) is 173 Å². The first-order chi connectivity index (χ1) is 20.5. The minimum Gasteiger partial charge on any atom is -0.394 e. The lowest BCUT2D eigenvalue weighted by Gasteiger charge is -2.20. The number of carbonyl (C=O) groups excluding carboxylic acids is 1. The van der Waals surface area contributed by atoms with E-state index < -0.39 is 24.2 Å². The standard InChI is InChI=1S/C37H67NO4/c1-3-5-7-9-11-13-15-16-17-18-19-21-23-25-27-29-31-36(41)35(33-39)38-37(42)32-34(40)30-28-26-24-22-20-14-12-10-8-6-4-2/h21-24,28-31,34-36,39-41H,3-20,25-27,32-33H2,1-2H3,(H,38,42)/b23-21+,24-22-,30-28-,31-29+. The van der Waals surface area contributed by atoms with Gasteiger partial charge in [0.05, 0.1) is 31.3 Å². The van der Waals surface area contributed by atoms with E-state index in [4.69, 9.17) is 0 Å². The summed E-state index contributed by atoms with van der Waals surface area (Å²) in [6.07, 6.45) is 39.7. The van der Waals surface area contributed by atoms with Crippen LogP contribution in [0.5, 0.6) is 0 Å². The van der Waals surface area contributed by atoms with Crippen molar-refractivity contribution in [1.29, 1.82) is 0 Å². The van der Waals surface area contributed by atoms with Gasteiger partial charge in [-0.05, 0) is 44.9 Å². The van der Waals surface area contributed by atoms with Crippen LogP contribution in [0.15, 0.2) is 48.6 Å². The van der Waals surface area contributed by atoms with Crippen molar-refractivity contribution >= 4 is 5.91 Å². The molecule has 3 unspecified atom stereocenters. The van der Waals surface area contributed by atoms with Gasteiger partial charge in [-0.15, -0.1) is 0 Å². The van der Waals surface area contributed by atoms with Gasteiger partial charge in [-0.2, -0.15) is 0 Å². The third-order valence-electron chi connectivity index (χ3n) is 7.60. The number of nitrogens with one attached hydrogen (secondary N) is 1. The van der Waals surface area contributed by atoms with Crippen molar-refractivity contribution < 1.29 is 20.1 Å². The molecule has 0 heterocycles. The van der Waals surface area contributed by atoms with Gasteiger partial charge in [0, 0.05) is 0 Å². The molecule has 0 aliphatic rings. The highest BCUT2D eigenvalue weighted by Gasteiger charge is 2.19. The Morgan fingerprint density at radius 2 is 1.07 bits per heavy atom. The predicted molar refractivity (Wildman–Crippen MR) is 181 cm³/mol. The molecule has 0 saturated heterocycles. The van der Waals surface area contributed by atoms with E-state index in [0.717, 1.165) is 32.1 Å². The number of carbonyl (C=O) groups is 1. The summed E-state index contributed by atoms with van der Waals surface area (Å²) in [6, 6.07) is -0.790. The molecule has 4 N–H and O–H groups in total. The molecule has 5 nitrogen and oxygen atoms in total. The molecular weight excluding hydrogens is 522 g/mol. The molecule has 42 heavy (non-hydrogen) atoms. The quantitative estimate of drug-likeness (QED) is 0.0497. The van der Waals surface area contributed by atoms with Crippen LogP contribution in [0.1, 0.15) is 155 Å².